The van der Waals surface area contributed by atoms with Crippen LogP contribution in [0.25, 0.3) is 0 Å². The number of methoxy groups -OCH3 is 1. The number of ether oxygens (including phenoxy) is 1. The van der Waals surface area contributed by atoms with E-state index in [4.69, 9.17) is 10.00 Å². The summed E-state index contributed by atoms with van der Waals surface area (Å²) in [6.45, 7) is 0. The lowest BCUT2D eigenvalue weighted by Gasteiger charge is -2.55. The zero-order chi connectivity index (χ0) is 9.53. The first-order chi connectivity index (χ1) is 6.16. The molecule has 70 valence electrons. The summed E-state index contributed by atoms with van der Waals surface area (Å²) in [7, 11) is 1.43. The Hall–Kier alpha value is -1.04. The molecule has 3 rings (SSSR count). The molecule has 0 N–H and O–H groups in total. The molecule has 0 spiro atoms. The second-order valence-electron chi connectivity index (χ2n) is 4.37. The summed E-state index contributed by atoms with van der Waals surface area (Å²) in [6, 6.07) is 2.34. The van der Waals surface area contributed by atoms with E-state index >= 15 is 0 Å². The topological polar surface area (TPSA) is 50.1 Å². The van der Waals surface area contributed by atoms with Gasteiger partial charge in [0.1, 0.15) is 0 Å². The van der Waals surface area contributed by atoms with E-state index in [9.17, 15) is 4.79 Å². The van der Waals surface area contributed by atoms with Gasteiger partial charge in [0.05, 0.1) is 24.0 Å². The van der Waals surface area contributed by atoms with Gasteiger partial charge >= 0.3 is 5.97 Å². The van der Waals surface area contributed by atoms with Crippen molar-refractivity contribution in [1.82, 2.24) is 0 Å². The third kappa shape index (κ3) is 0.980. The number of nitriles is 1. The van der Waals surface area contributed by atoms with Gasteiger partial charge in [-0.2, -0.15) is 5.26 Å². The third-order valence-electron chi connectivity index (χ3n) is 3.52. The first-order valence-corrected chi connectivity index (χ1v) is 4.66. The van der Waals surface area contributed by atoms with Crippen LogP contribution in [0.1, 0.15) is 32.1 Å². The van der Waals surface area contributed by atoms with Crippen molar-refractivity contribution < 1.29 is 9.53 Å². The average Bonchev–Trinajstić information content (AvgIpc) is 2.15. The van der Waals surface area contributed by atoms with Gasteiger partial charge in [-0.1, -0.05) is 6.42 Å². The summed E-state index contributed by atoms with van der Waals surface area (Å²) < 4.78 is 4.77. The standard InChI is InChI=1S/C10H13NO2/c1-13-8(12)10-4-2-3-9(5-10,6-10)7-11/h2-6H2,1H3. The summed E-state index contributed by atoms with van der Waals surface area (Å²) in [4.78, 5) is 11.5. The molecule has 0 amide bonds. The molecule has 3 heteroatoms. The molecule has 0 saturated heterocycles. The molecule has 0 aromatic rings. The summed E-state index contributed by atoms with van der Waals surface area (Å²) in [5.74, 6) is -0.113. The van der Waals surface area contributed by atoms with Crippen LogP contribution in [0.4, 0.5) is 0 Å². The molecule has 0 aromatic heterocycles. The number of hydrogen-bond donors (Lipinski definition) is 0. The van der Waals surface area contributed by atoms with Gasteiger partial charge in [0.2, 0.25) is 0 Å². The van der Waals surface area contributed by atoms with Crippen LogP contribution >= 0.6 is 0 Å². The van der Waals surface area contributed by atoms with E-state index in [1.165, 1.54) is 7.11 Å². The summed E-state index contributed by atoms with van der Waals surface area (Å²) in [6.07, 6.45) is 4.31. The minimum Gasteiger partial charge on any atom is -0.469 e. The minimum absolute atomic E-state index is 0.113. The van der Waals surface area contributed by atoms with Crippen molar-refractivity contribution in [1.29, 1.82) is 5.26 Å². The normalized spacial score (nSPS) is 41.5. The maximum absolute atomic E-state index is 11.5. The molecule has 0 aromatic carbocycles. The van der Waals surface area contributed by atoms with Crippen molar-refractivity contribution in [2.24, 2.45) is 10.8 Å². The molecule has 2 bridgehead atoms. The highest BCUT2D eigenvalue weighted by Gasteiger charge is 2.62. The van der Waals surface area contributed by atoms with Gasteiger partial charge in [0, 0.05) is 0 Å². The summed E-state index contributed by atoms with van der Waals surface area (Å²) >= 11 is 0. The predicted octanol–water partition coefficient (Wildman–Crippen LogP) is 1.63. The lowest BCUT2D eigenvalue weighted by molar-refractivity contribution is -0.173. The van der Waals surface area contributed by atoms with E-state index in [0.717, 1.165) is 32.1 Å². The molecule has 13 heavy (non-hydrogen) atoms. The molecule has 0 radical (unpaired) electrons. The fourth-order valence-electron chi connectivity index (χ4n) is 2.96. The maximum Gasteiger partial charge on any atom is 0.311 e. The van der Waals surface area contributed by atoms with E-state index in [2.05, 4.69) is 6.07 Å². The van der Waals surface area contributed by atoms with Crippen LogP contribution in [0.3, 0.4) is 0 Å². The highest BCUT2D eigenvalue weighted by molar-refractivity contribution is 5.79. The van der Waals surface area contributed by atoms with Crippen LogP contribution in [0.15, 0.2) is 0 Å². The van der Waals surface area contributed by atoms with Crippen molar-refractivity contribution in [2.75, 3.05) is 7.11 Å². The molecule has 0 atom stereocenters. The highest BCUT2D eigenvalue weighted by Crippen LogP contribution is 2.63. The van der Waals surface area contributed by atoms with Crippen molar-refractivity contribution in [3.63, 3.8) is 0 Å². The lowest BCUT2D eigenvalue weighted by Crippen LogP contribution is -2.54. The number of nitrogens with zero attached hydrogens (tertiary/aromatic N) is 1. The van der Waals surface area contributed by atoms with Crippen LogP contribution in [0.5, 0.6) is 0 Å². The number of carbonyl (C=O) groups excluding carboxylic acids is 1. The third-order valence-corrected chi connectivity index (χ3v) is 3.52. The zero-order valence-corrected chi connectivity index (χ0v) is 7.80. The van der Waals surface area contributed by atoms with Crippen molar-refractivity contribution in [2.45, 2.75) is 32.1 Å². The van der Waals surface area contributed by atoms with Gasteiger partial charge in [-0.15, -0.1) is 0 Å². The van der Waals surface area contributed by atoms with E-state index < -0.39 is 0 Å². The first-order valence-electron chi connectivity index (χ1n) is 4.66. The summed E-state index contributed by atoms with van der Waals surface area (Å²) in [5, 5.41) is 8.96. The van der Waals surface area contributed by atoms with Crippen LogP contribution in [-0.4, -0.2) is 13.1 Å². The molecule has 0 aliphatic heterocycles. The smallest absolute Gasteiger partial charge is 0.311 e. The van der Waals surface area contributed by atoms with Gasteiger partial charge in [-0.3, -0.25) is 4.79 Å². The van der Waals surface area contributed by atoms with Gasteiger partial charge in [-0.05, 0) is 25.7 Å². The van der Waals surface area contributed by atoms with E-state index in [-0.39, 0.29) is 16.8 Å². The van der Waals surface area contributed by atoms with Crippen molar-refractivity contribution >= 4 is 5.97 Å². The largest absolute Gasteiger partial charge is 0.469 e. The second kappa shape index (κ2) is 2.47. The Labute approximate surface area is 77.7 Å². The Balaban J connectivity index is 2.16. The van der Waals surface area contributed by atoms with Crippen LogP contribution in [-0.2, 0) is 9.53 Å². The van der Waals surface area contributed by atoms with Crippen molar-refractivity contribution in [3.8, 4) is 6.07 Å². The van der Waals surface area contributed by atoms with E-state index in [1.807, 2.05) is 0 Å². The molecular weight excluding hydrogens is 166 g/mol. The molecule has 3 fully saturated rings. The fraction of sp³-hybridized carbons (Fsp3) is 0.800. The Morgan fingerprint density at radius 1 is 1.46 bits per heavy atom. The predicted molar refractivity (Wildman–Crippen MR) is 45.6 cm³/mol. The fourth-order valence-corrected chi connectivity index (χ4v) is 2.96. The molecule has 0 heterocycles. The van der Waals surface area contributed by atoms with Crippen LogP contribution < -0.4 is 0 Å². The van der Waals surface area contributed by atoms with Gasteiger partial charge in [0.25, 0.3) is 0 Å². The molecule has 3 aliphatic carbocycles. The Morgan fingerprint density at radius 2 is 2.15 bits per heavy atom. The second-order valence-corrected chi connectivity index (χ2v) is 4.37. The lowest BCUT2D eigenvalue weighted by atomic mass is 9.46. The van der Waals surface area contributed by atoms with Crippen LogP contribution in [0.2, 0.25) is 0 Å². The minimum atomic E-state index is -0.289. The van der Waals surface area contributed by atoms with Gasteiger partial charge < -0.3 is 4.74 Å². The number of fused-ring (bicyclic) bond motifs is 2. The number of esters is 1. The highest BCUT2D eigenvalue weighted by atomic mass is 16.5. The van der Waals surface area contributed by atoms with Crippen molar-refractivity contribution in [3.05, 3.63) is 0 Å². The summed E-state index contributed by atoms with van der Waals surface area (Å²) in [5.41, 5.74) is -0.477. The van der Waals surface area contributed by atoms with Crippen LogP contribution in [0, 0.1) is 22.2 Å². The Morgan fingerprint density at radius 3 is 2.69 bits per heavy atom. The molecule has 0 unspecified atom stereocenters. The monoisotopic (exact) mass is 179 g/mol. The molecule has 3 saturated carbocycles. The molecule has 3 aliphatic rings. The molecular formula is C10H13NO2. The first kappa shape index (κ1) is 8.55. The van der Waals surface area contributed by atoms with E-state index in [1.54, 1.807) is 0 Å². The van der Waals surface area contributed by atoms with E-state index in [0.29, 0.717) is 0 Å². The zero-order valence-electron chi connectivity index (χ0n) is 7.80. The quantitative estimate of drug-likeness (QED) is 0.575. The SMILES string of the molecule is COC(=O)C12CCCC(C#N)(C1)C2. The number of hydrogen-bond acceptors (Lipinski definition) is 3. The maximum atomic E-state index is 11.5. The Bertz CT molecular complexity index is 284. The average molecular weight is 179 g/mol. The van der Waals surface area contributed by atoms with Gasteiger partial charge in [0.15, 0.2) is 0 Å². The Kier molecular flexibility index (Phi) is 1.63. The number of rotatable bonds is 1. The number of carbonyl (C=O) groups is 1. The molecule has 3 nitrogen and oxygen atoms in total. The van der Waals surface area contributed by atoms with Gasteiger partial charge in [-0.25, -0.2) is 0 Å².